The topological polar surface area (TPSA) is 71.4 Å². The molecular weight excluding hydrogens is 220 g/mol. The van der Waals surface area contributed by atoms with Crippen LogP contribution < -0.4 is 5.32 Å². The fraction of sp³-hybridized carbons (Fsp3) is 0.833. The first-order valence-electron chi connectivity index (χ1n) is 6.05. The third kappa shape index (κ3) is 7.72. The second-order valence-corrected chi connectivity index (χ2v) is 3.69. The SMILES string of the molecule is CCC[C@@H](C#N)NC(=O)[C@H](C)OCCOCC. The van der Waals surface area contributed by atoms with E-state index in [9.17, 15) is 4.79 Å². The number of hydrogen-bond donors (Lipinski definition) is 1. The van der Waals surface area contributed by atoms with Gasteiger partial charge in [0.25, 0.3) is 0 Å². The van der Waals surface area contributed by atoms with Crippen molar-refractivity contribution < 1.29 is 14.3 Å². The average Bonchev–Trinajstić information content (AvgIpc) is 2.33. The van der Waals surface area contributed by atoms with Gasteiger partial charge in [-0.15, -0.1) is 0 Å². The third-order valence-corrected chi connectivity index (χ3v) is 2.22. The lowest BCUT2D eigenvalue weighted by Gasteiger charge is -2.16. The third-order valence-electron chi connectivity index (χ3n) is 2.22. The van der Waals surface area contributed by atoms with E-state index in [1.165, 1.54) is 0 Å². The van der Waals surface area contributed by atoms with Crippen LogP contribution in [0.3, 0.4) is 0 Å². The van der Waals surface area contributed by atoms with Gasteiger partial charge < -0.3 is 14.8 Å². The molecule has 5 nitrogen and oxygen atoms in total. The van der Waals surface area contributed by atoms with Crippen LogP contribution in [0.1, 0.15) is 33.6 Å². The van der Waals surface area contributed by atoms with E-state index >= 15 is 0 Å². The maximum Gasteiger partial charge on any atom is 0.249 e. The number of amides is 1. The van der Waals surface area contributed by atoms with E-state index in [0.29, 0.717) is 26.2 Å². The Bertz CT molecular complexity index is 251. The van der Waals surface area contributed by atoms with Crippen LogP contribution in [-0.4, -0.2) is 37.9 Å². The van der Waals surface area contributed by atoms with E-state index in [1.807, 2.05) is 13.8 Å². The predicted octanol–water partition coefficient (Wildman–Crippen LogP) is 1.24. The van der Waals surface area contributed by atoms with Crippen LogP contribution in [0, 0.1) is 11.3 Å². The number of carbonyl (C=O) groups excluding carboxylic acids is 1. The Morgan fingerprint density at radius 1 is 1.41 bits per heavy atom. The maximum absolute atomic E-state index is 11.6. The van der Waals surface area contributed by atoms with Gasteiger partial charge in [-0.3, -0.25) is 4.79 Å². The quantitative estimate of drug-likeness (QED) is 0.617. The molecule has 0 aliphatic heterocycles. The molecule has 0 unspecified atom stereocenters. The summed E-state index contributed by atoms with van der Waals surface area (Å²) in [6, 6.07) is 1.63. The summed E-state index contributed by atoms with van der Waals surface area (Å²) in [6.07, 6.45) is 0.967. The van der Waals surface area contributed by atoms with Gasteiger partial charge in [0.05, 0.1) is 19.3 Å². The molecule has 0 radical (unpaired) electrons. The van der Waals surface area contributed by atoms with Crippen molar-refractivity contribution >= 4 is 5.91 Å². The smallest absolute Gasteiger partial charge is 0.249 e. The minimum Gasteiger partial charge on any atom is -0.379 e. The van der Waals surface area contributed by atoms with Crippen LogP contribution in [0.25, 0.3) is 0 Å². The van der Waals surface area contributed by atoms with Crippen LogP contribution >= 0.6 is 0 Å². The Balaban J connectivity index is 3.84. The molecule has 0 saturated heterocycles. The van der Waals surface area contributed by atoms with Crippen LogP contribution in [0.15, 0.2) is 0 Å². The fourth-order valence-electron chi connectivity index (χ4n) is 1.25. The standard InChI is InChI=1S/C12H22N2O3/c1-4-6-11(9-13)14-12(15)10(3)17-8-7-16-5-2/h10-11H,4-8H2,1-3H3,(H,14,15)/t10-,11-/m0/s1. The van der Waals surface area contributed by atoms with Crippen molar-refractivity contribution in [1.29, 1.82) is 5.26 Å². The summed E-state index contributed by atoms with van der Waals surface area (Å²) in [6.45, 7) is 7.04. The molecule has 5 heteroatoms. The molecule has 0 aliphatic rings. The highest BCUT2D eigenvalue weighted by Gasteiger charge is 2.17. The Morgan fingerprint density at radius 2 is 2.12 bits per heavy atom. The molecule has 0 fully saturated rings. The highest BCUT2D eigenvalue weighted by Crippen LogP contribution is 1.98. The molecule has 98 valence electrons. The number of hydrogen-bond acceptors (Lipinski definition) is 4. The van der Waals surface area contributed by atoms with Gasteiger partial charge in [-0.25, -0.2) is 0 Å². The number of nitrogens with zero attached hydrogens (tertiary/aromatic N) is 1. The van der Waals surface area contributed by atoms with Gasteiger partial charge in [0.15, 0.2) is 0 Å². The highest BCUT2D eigenvalue weighted by molar-refractivity contribution is 5.80. The molecule has 2 atom stereocenters. The lowest BCUT2D eigenvalue weighted by molar-refractivity contribution is -0.133. The minimum absolute atomic E-state index is 0.249. The number of ether oxygens (including phenoxy) is 2. The first-order chi connectivity index (χ1) is 8.15. The summed E-state index contributed by atoms with van der Waals surface area (Å²) in [5.74, 6) is -0.249. The van der Waals surface area contributed by atoms with Crippen LogP contribution in [-0.2, 0) is 14.3 Å². The molecule has 0 rings (SSSR count). The molecule has 1 amide bonds. The highest BCUT2D eigenvalue weighted by atomic mass is 16.5. The molecule has 0 aliphatic carbocycles. The van der Waals surface area contributed by atoms with Crippen molar-refractivity contribution in [1.82, 2.24) is 5.32 Å². The lowest BCUT2D eigenvalue weighted by atomic mass is 10.2. The molecule has 0 aromatic heterocycles. The number of nitriles is 1. The van der Waals surface area contributed by atoms with E-state index in [1.54, 1.807) is 6.92 Å². The number of carbonyl (C=O) groups is 1. The van der Waals surface area contributed by atoms with Crippen molar-refractivity contribution in [2.45, 2.75) is 45.8 Å². The average molecular weight is 242 g/mol. The minimum atomic E-state index is -0.553. The lowest BCUT2D eigenvalue weighted by Crippen LogP contribution is -2.41. The Hall–Kier alpha value is -1.12. The number of rotatable bonds is 9. The van der Waals surface area contributed by atoms with Gasteiger partial charge in [-0.2, -0.15) is 5.26 Å². The van der Waals surface area contributed by atoms with Gasteiger partial charge in [0.2, 0.25) is 5.91 Å². The normalized spacial score (nSPS) is 13.8. The molecule has 0 spiro atoms. The van der Waals surface area contributed by atoms with Crippen molar-refractivity contribution in [2.75, 3.05) is 19.8 Å². The Labute approximate surface area is 103 Å². The predicted molar refractivity (Wildman–Crippen MR) is 64.4 cm³/mol. The van der Waals surface area contributed by atoms with E-state index in [-0.39, 0.29) is 5.91 Å². The first kappa shape index (κ1) is 15.9. The summed E-state index contributed by atoms with van der Waals surface area (Å²) >= 11 is 0. The van der Waals surface area contributed by atoms with Crippen LogP contribution in [0.4, 0.5) is 0 Å². The molecule has 0 aromatic rings. The zero-order valence-corrected chi connectivity index (χ0v) is 10.9. The summed E-state index contributed by atoms with van der Waals surface area (Å²) in [7, 11) is 0. The molecule has 0 aromatic carbocycles. The molecule has 0 bridgehead atoms. The van der Waals surface area contributed by atoms with Gasteiger partial charge in [-0.05, 0) is 20.3 Å². The fourth-order valence-corrected chi connectivity index (χ4v) is 1.25. The summed E-state index contributed by atoms with van der Waals surface area (Å²) < 4.78 is 10.4. The van der Waals surface area contributed by atoms with Gasteiger partial charge >= 0.3 is 0 Å². The molecule has 17 heavy (non-hydrogen) atoms. The maximum atomic E-state index is 11.6. The second kappa shape index (κ2) is 10.1. The summed E-state index contributed by atoms with van der Waals surface area (Å²) in [5.41, 5.74) is 0. The van der Waals surface area contributed by atoms with Gasteiger partial charge in [0, 0.05) is 6.61 Å². The van der Waals surface area contributed by atoms with E-state index in [0.717, 1.165) is 6.42 Å². The van der Waals surface area contributed by atoms with Crippen molar-refractivity contribution in [3.8, 4) is 6.07 Å². The molecule has 1 N–H and O–H groups in total. The second-order valence-electron chi connectivity index (χ2n) is 3.69. The van der Waals surface area contributed by atoms with Crippen molar-refractivity contribution in [2.24, 2.45) is 0 Å². The Morgan fingerprint density at radius 3 is 2.65 bits per heavy atom. The summed E-state index contributed by atoms with van der Waals surface area (Å²) in [4.78, 5) is 11.6. The molecule has 0 saturated carbocycles. The van der Waals surface area contributed by atoms with Crippen molar-refractivity contribution in [3.05, 3.63) is 0 Å². The zero-order valence-electron chi connectivity index (χ0n) is 10.9. The molecule has 0 heterocycles. The Kier molecular flexibility index (Phi) is 9.40. The monoisotopic (exact) mass is 242 g/mol. The van der Waals surface area contributed by atoms with Crippen molar-refractivity contribution in [3.63, 3.8) is 0 Å². The van der Waals surface area contributed by atoms with E-state index in [4.69, 9.17) is 14.7 Å². The van der Waals surface area contributed by atoms with E-state index in [2.05, 4.69) is 11.4 Å². The van der Waals surface area contributed by atoms with Crippen LogP contribution in [0.5, 0.6) is 0 Å². The zero-order chi connectivity index (χ0) is 13.1. The first-order valence-corrected chi connectivity index (χ1v) is 6.05. The van der Waals surface area contributed by atoms with Gasteiger partial charge in [0.1, 0.15) is 12.1 Å². The van der Waals surface area contributed by atoms with Gasteiger partial charge in [-0.1, -0.05) is 13.3 Å². The number of nitrogens with one attached hydrogen (secondary N) is 1. The largest absolute Gasteiger partial charge is 0.379 e. The van der Waals surface area contributed by atoms with E-state index < -0.39 is 12.1 Å². The van der Waals surface area contributed by atoms with Crippen LogP contribution in [0.2, 0.25) is 0 Å². The molecular formula is C12H22N2O3. The summed E-state index contributed by atoms with van der Waals surface area (Å²) in [5, 5.41) is 11.5.